The van der Waals surface area contributed by atoms with Gasteiger partial charge in [0.2, 0.25) is 0 Å². The zero-order valence-corrected chi connectivity index (χ0v) is 16.6. The number of hydrogen-bond acceptors (Lipinski definition) is 4. The van der Waals surface area contributed by atoms with Gasteiger partial charge in [-0.25, -0.2) is 0 Å². The molecular formula is C23H18ClNO4. The molecule has 6 heteroatoms. The van der Waals surface area contributed by atoms with Crippen LogP contribution in [0.3, 0.4) is 0 Å². The molecule has 1 aromatic heterocycles. The van der Waals surface area contributed by atoms with Gasteiger partial charge < -0.3 is 9.52 Å². The number of aliphatic hydroxyl groups is 1. The molecule has 5 nitrogen and oxygen atoms in total. The van der Waals surface area contributed by atoms with E-state index in [0.717, 1.165) is 5.56 Å². The van der Waals surface area contributed by atoms with Crippen molar-refractivity contribution in [3.8, 4) is 0 Å². The molecule has 0 aliphatic carbocycles. The highest BCUT2D eigenvalue weighted by atomic mass is 35.5. The standard InChI is InChI=1S/C23H18ClNO4/c1-13-8-10-15(11-9-13)21(26)19-20(18-7-4-12-29-18)25(23(28)22(19)27)17-6-3-5-16(24)14(17)2/h3-12,20,26H,1-2H3/b21-19-. The van der Waals surface area contributed by atoms with Gasteiger partial charge in [-0.05, 0) is 43.7 Å². The summed E-state index contributed by atoms with van der Waals surface area (Å²) in [5, 5.41) is 11.4. The smallest absolute Gasteiger partial charge is 0.300 e. The highest BCUT2D eigenvalue weighted by Gasteiger charge is 2.48. The summed E-state index contributed by atoms with van der Waals surface area (Å²) >= 11 is 6.25. The molecule has 3 aromatic rings. The van der Waals surface area contributed by atoms with Crippen molar-refractivity contribution in [3.05, 3.63) is 93.9 Å². The van der Waals surface area contributed by atoms with Gasteiger partial charge in [0.15, 0.2) is 0 Å². The van der Waals surface area contributed by atoms with E-state index < -0.39 is 17.7 Å². The van der Waals surface area contributed by atoms with Crippen molar-refractivity contribution in [1.29, 1.82) is 0 Å². The number of Topliss-reactive ketones (excluding diaryl/α,β-unsaturated/α-hetero) is 1. The number of carbonyl (C=O) groups is 2. The van der Waals surface area contributed by atoms with Gasteiger partial charge in [-0.2, -0.15) is 0 Å². The minimum atomic E-state index is -0.900. The lowest BCUT2D eigenvalue weighted by Crippen LogP contribution is -2.30. The van der Waals surface area contributed by atoms with Crippen molar-refractivity contribution in [3.63, 3.8) is 0 Å². The maximum absolute atomic E-state index is 13.0. The molecule has 146 valence electrons. The number of halogens is 1. The molecule has 4 rings (SSSR count). The highest BCUT2D eigenvalue weighted by Crippen LogP contribution is 2.44. The maximum Gasteiger partial charge on any atom is 0.300 e. The zero-order valence-electron chi connectivity index (χ0n) is 15.8. The van der Waals surface area contributed by atoms with Crippen LogP contribution in [-0.2, 0) is 9.59 Å². The Kier molecular flexibility index (Phi) is 4.76. The molecule has 0 radical (unpaired) electrons. The number of carbonyl (C=O) groups excluding carboxylic acids is 2. The number of nitrogens with zero attached hydrogens (tertiary/aromatic N) is 1. The summed E-state index contributed by atoms with van der Waals surface area (Å²) in [6.07, 6.45) is 1.46. The van der Waals surface area contributed by atoms with E-state index in [0.29, 0.717) is 27.6 Å². The third kappa shape index (κ3) is 3.13. The Labute approximate surface area is 172 Å². The molecule has 1 aliphatic rings. The molecule has 0 spiro atoms. The van der Waals surface area contributed by atoms with Gasteiger partial charge in [-0.3, -0.25) is 14.5 Å². The lowest BCUT2D eigenvalue weighted by atomic mass is 9.98. The Morgan fingerprint density at radius 2 is 1.76 bits per heavy atom. The number of aryl methyl sites for hydroxylation is 1. The summed E-state index contributed by atoms with van der Waals surface area (Å²) in [7, 11) is 0. The van der Waals surface area contributed by atoms with Crippen molar-refractivity contribution in [2.45, 2.75) is 19.9 Å². The molecule has 1 N–H and O–H groups in total. The first kappa shape index (κ1) is 19.0. The Bertz CT molecular complexity index is 1130. The second-order valence-corrected chi connectivity index (χ2v) is 7.34. The van der Waals surface area contributed by atoms with Crippen LogP contribution in [0, 0.1) is 13.8 Å². The van der Waals surface area contributed by atoms with Gasteiger partial charge in [0.25, 0.3) is 11.7 Å². The number of anilines is 1. The van der Waals surface area contributed by atoms with E-state index in [9.17, 15) is 14.7 Å². The van der Waals surface area contributed by atoms with Crippen molar-refractivity contribution in [1.82, 2.24) is 0 Å². The van der Waals surface area contributed by atoms with Gasteiger partial charge in [0, 0.05) is 16.3 Å². The van der Waals surface area contributed by atoms with Crippen molar-refractivity contribution in [2.75, 3.05) is 4.90 Å². The molecule has 1 aliphatic heterocycles. The molecule has 1 fully saturated rings. The van der Waals surface area contributed by atoms with E-state index >= 15 is 0 Å². The van der Waals surface area contributed by atoms with Crippen LogP contribution in [0.1, 0.15) is 28.5 Å². The minimum absolute atomic E-state index is 0.0202. The zero-order chi connectivity index (χ0) is 20.7. The van der Waals surface area contributed by atoms with Gasteiger partial charge in [-0.15, -0.1) is 0 Å². The maximum atomic E-state index is 13.0. The summed E-state index contributed by atoms with van der Waals surface area (Å²) in [4.78, 5) is 27.3. The Balaban J connectivity index is 1.95. The summed E-state index contributed by atoms with van der Waals surface area (Å²) in [5.41, 5.74) is 2.59. The number of rotatable bonds is 3. The summed E-state index contributed by atoms with van der Waals surface area (Å²) in [5.74, 6) is -1.39. The van der Waals surface area contributed by atoms with E-state index in [4.69, 9.17) is 16.0 Å². The fourth-order valence-corrected chi connectivity index (χ4v) is 3.69. The van der Waals surface area contributed by atoms with Crippen LogP contribution in [-0.4, -0.2) is 16.8 Å². The Morgan fingerprint density at radius 3 is 2.41 bits per heavy atom. The minimum Gasteiger partial charge on any atom is -0.507 e. The molecule has 1 atom stereocenters. The Morgan fingerprint density at radius 1 is 1.03 bits per heavy atom. The molecule has 29 heavy (non-hydrogen) atoms. The van der Waals surface area contributed by atoms with Crippen LogP contribution in [0.15, 0.2) is 70.9 Å². The molecule has 2 heterocycles. The molecule has 1 saturated heterocycles. The third-order valence-corrected chi connectivity index (χ3v) is 5.49. The molecule has 1 amide bonds. The predicted octanol–water partition coefficient (Wildman–Crippen LogP) is 5.18. The van der Waals surface area contributed by atoms with Gasteiger partial charge in [-0.1, -0.05) is 47.5 Å². The third-order valence-electron chi connectivity index (χ3n) is 5.08. The number of benzene rings is 2. The first-order chi connectivity index (χ1) is 13.9. The topological polar surface area (TPSA) is 70.8 Å². The van der Waals surface area contributed by atoms with E-state index in [2.05, 4.69) is 0 Å². The predicted molar refractivity (Wildman–Crippen MR) is 111 cm³/mol. The lowest BCUT2D eigenvalue weighted by molar-refractivity contribution is -0.132. The fourth-order valence-electron chi connectivity index (χ4n) is 3.52. The summed E-state index contributed by atoms with van der Waals surface area (Å²) < 4.78 is 5.55. The summed E-state index contributed by atoms with van der Waals surface area (Å²) in [6.45, 7) is 3.70. The normalized spacial score (nSPS) is 18.4. The number of ketones is 1. The number of hydrogen-bond donors (Lipinski definition) is 1. The number of aliphatic hydroxyl groups excluding tert-OH is 1. The fraction of sp³-hybridized carbons (Fsp3) is 0.130. The Hall–Kier alpha value is -3.31. The van der Waals surface area contributed by atoms with E-state index in [1.807, 2.05) is 19.1 Å². The van der Waals surface area contributed by atoms with Crippen LogP contribution in [0.4, 0.5) is 5.69 Å². The largest absolute Gasteiger partial charge is 0.507 e. The second-order valence-electron chi connectivity index (χ2n) is 6.93. The first-order valence-electron chi connectivity index (χ1n) is 9.06. The van der Waals surface area contributed by atoms with E-state index in [-0.39, 0.29) is 11.3 Å². The molecule has 2 aromatic carbocycles. The van der Waals surface area contributed by atoms with Crippen LogP contribution in [0.2, 0.25) is 5.02 Å². The van der Waals surface area contributed by atoms with Crippen LogP contribution in [0.5, 0.6) is 0 Å². The average Bonchev–Trinajstić information content (AvgIpc) is 3.32. The van der Waals surface area contributed by atoms with Crippen molar-refractivity contribution >= 4 is 34.7 Å². The van der Waals surface area contributed by atoms with Gasteiger partial charge in [0.05, 0.1) is 11.8 Å². The van der Waals surface area contributed by atoms with Gasteiger partial charge >= 0.3 is 0 Å². The van der Waals surface area contributed by atoms with Crippen molar-refractivity contribution < 1.29 is 19.1 Å². The monoisotopic (exact) mass is 407 g/mol. The number of furan rings is 1. The van der Waals surface area contributed by atoms with Crippen LogP contribution >= 0.6 is 11.6 Å². The van der Waals surface area contributed by atoms with Crippen LogP contribution in [0.25, 0.3) is 5.76 Å². The second kappa shape index (κ2) is 7.26. The lowest BCUT2D eigenvalue weighted by Gasteiger charge is -2.25. The summed E-state index contributed by atoms with van der Waals surface area (Å²) in [6, 6.07) is 14.7. The molecule has 0 bridgehead atoms. The molecule has 1 unspecified atom stereocenters. The molecule has 0 saturated carbocycles. The number of amides is 1. The van der Waals surface area contributed by atoms with Gasteiger partial charge in [0.1, 0.15) is 17.6 Å². The quantitative estimate of drug-likeness (QED) is 0.369. The first-order valence-corrected chi connectivity index (χ1v) is 9.44. The van der Waals surface area contributed by atoms with E-state index in [1.54, 1.807) is 49.4 Å². The van der Waals surface area contributed by atoms with Crippen LogP contribution < -0.4 is 4.90 Å². The highest BCUT2D eigenvalue weighted by molar-refractivity contribution is 6.52. The average molecular weight is 408 g/mol. The van der Waals surface area contributed by atoms with E-state index in [1.165, 1.54) is 11.2 Å². The molecular weight excluding hydrogens is 390 g/mol. The van der Waals surface area contributed by atoms with Crippen molar-refractivity contribution in [2.24, 2.45) is 0 Å². The SMILES string of the molecule is Cc1ccc(/C(O)=C2/C(=O)C(=O)N(c3cccc(Cl)c3C)C2c2ccco2)cc1.